The average Bonchev–Trinajstić information content (AvgIpc) is 2.85. The summed E-state index contributed by atoms with van der Waals surface area (Å²) in [6.45, 7) is 6.53. The molecule has 0 fully saturated rings. The first-order chi connectivity index (χ1) is 17.6. The smallest absolute Gasteiger partial charge is 0.342 e. The van der Waals surface area contributed by atoms with E-state index in [-0.39, 0.29) is 28.9 Å². The van der Waals surface area contributed by atoms with Crippen molar-refractivity contribution in [3.8, 4) is 0 Å². The van der Waals surface area contributed by atoms with Crippen LogP contribution in [0.25, 0.3) is 6.08 Å². The molecule has 0 spiro atoms. The first kappa shape index (κ1) is 31.6. The van der Waals surface area contributed by atoms with Gasteiger partial charge < -0.3 is 22.0 Å². The van der Waals surface area contributed by atoms with Gasteiger partial charge in [-0.3, -0.25) is 4.79 Å². The van der Waals surface area contributed by atoms with Gasteiger partial charge in [0, 0.05) is 12.3 Å². The number of likely N-dealkylation sites (N-methyl/N-ethyl adjacent to an activating group) is 1. The average molecular weight is 575 g/mol. The van der Waals surface area contributed by atoms with Crippen LogP contribution in [0, 0.1) is 0 Å². The number of hydrogen-bond donors (Lipinski definition) is 1. The van der Waals surface area contributed by atoms with Gasteiger partial charge in [0.05, 0.1) is 23.6 Å². The molecule has 0 aliphatic carbocycles. The number of hydrogen-bond acceptors (Lipinski definition) is 3. The van der Waals surface area contributed by atoms with Crippen molar-refractivity contribution in [2.75, 3.05) is 20.1 Å². The van der Waals surface area contributed by atoms with Gasteiger partial charge in [0.15, 0.2) is 11.4 Å². The minimum Gasteiger partial charge on any atom is -1.00 e. The SMILES string of the molecule is CC(=O)/C(=C/c1cccc(Cl)c1Cl)C(=O)OC(C)(C)C[NH+](C)CCC(c1ccccc1)c1ccccc1.[Cl-]. The molecule has 3 aromatic rings. The van der Waals surface area contributed by atoms with Gasteiger partial charge in [-0.25, -0.2) is 4.79 Å². The Bertz CT molecular complexity index is 1200. The standard InChI is InChI=1S/C31H33Cl2NO3.ClH/c1-22(35)27(20-25-16-11-17-28(32)29(25)33)30(36)37-31(2,3)21-34(4)19-18-26(23-12-7-5-8-13-23)24-14-9-6-10-15-24;/h5-17,20,26H,18-19,21H2,1-4H3;1H/b27-20-;. The highest BCUT2D eigenvalue weighted by Gasteiger charge is 2.30. The highest BCUT2D eigenvalue weighted by atomic mass is 35.5. The molecule has 4 nitrogen and oxygen atoms in total. The van der Waals surface area contributed by atoms with Crippen LogP contribution in [0.3, 0.4) is 0 Å². The zero-order chi connectivity index (χ0) is 27.0. The third kappa shape index (κ3) is 8.99. The molecule has 0 aliphatic heterocycles. The number of halogens is 3. The van der Waals surface area contributed by atoms with Gasteiger partial charge in [0.2, 0.25) is 0 Å². The van der Waals surface area contributed by atoms with E-state index in [1.165, 1.54) is 29.0 Å². The number of rotatable bonds is 11. The predicted molar refractivity (Wildman–Crippen MR) is 151 cm³/mol. The molecule has 0 amide bonds. The lowest BCUT2D eigenvalue weighted by Crippen LogP contribution is -3.11. The summed E-state index contributed by atoms with van der Waals surface area (Å²) in [7, 11) is 2.09. The number of Topliss-reactive ketones (excluding diaryl/α,β-unsaturated/α-hetero) is 1. The second kappa shape index (κ2) is 14.5. The summed E-state index contributed by atoms with van der Waals surface area (Å²) in [6, 6.07) is 26.1. The van der Waals surface area contributed by atoms with E-state index in [1.54, 1.807) is 18.2 Å². The van der Waals surface area contributed by atoms with E-state index >= 15 is 0 Å². The molecule has 0 heterocycles. The number of esters is 1. The summed E-state index contributed by atoms with van der Waals surface area (Å²) in [5, 5.41) is 0.632. The maximum Gasteiger partial charge on any atom is 0.342 e. The molecule has 0 aromatic heterocycles. The van der Waals surface area contributed by atoms with E-state index in [1.807, 2.05) is 26.0 Å². The van der Waals surface area contributed by atoms with Crippen LogP contribution in [0.4, 0.5) is 0 Å². The topological polar surface area (TPSA) is 47.8 Å². The first-order valence-electron chi connectivity index (χ1n) is 12.4. The first-order valence-corrected chi connectivity index (χ1v) is 13.1. The number of benzene rings is 3. The molecule has 7 heteroatoms. The van der Waals surface area contributed by atoms with Crippen LogP contribution >= 0.6 is 23.2 Å². The minimum atomic E-state index is -0.789. The minimum absolute atomic E-state index is 0. The summed E-state index contributed by atoms with van der Waals surface area (Å²) in [4.78, 5) is 26.5. The fraction of sp³-hybridized carbons (Fsp3) is 0.290. The van der Waals surface area contributed by atoms with Crippen molar-refractivity contribution in [1.82, 2.24) is 0 Å². The Morgan fingerprint density at radius 3 is 2.00 bits per heavy atom. The summed E-state index contributed by atoms with van der Waals surface area (Å²) < 4.78 is 5.83. The van der Waals surface area contributed by atoms with E-state index in [0.29, 0.717) is 17.1 Å². The van der Waals surface area contributed by atoms with Gasteiger partial charge in [-0.1, -0.05) is 96.0 Å². The Hall–Kier alpha value is -2.63. The fourth-order valence-electron chi connectivity index (χ4n) is 4.54. The molecule has 202 valence electrons. The molecule has 38 heavy (non-hydrogen) atoms. The third-order valence-corrected chi connectivity index (χ3v) is 7.07. The van der Waals surface area contributed by atoms with Crippen LogP contribution in [0.2, 0.25) is 10.0 Å². The lowest BCUT2D eigenvalue weighted by Gasteiger charge is -2.29. The van der Waals surface area contributed by atoms with E-state index in [0.717, 1.165) is 13.0 Å². The molecule has 0 radical (unpaired) electrons. The Morgan fingerprint density at radius 1 is 0.921 bits per heavy atom. The van der Waals surface area contributed by atoms with Gasteiger partial charge in [0.1, 0.15) is 12.1 Å². The highest BCUT2D eigenvalue weighted by Crippen LogP contribution is 2.28. The zero-order valence-electron chi connectivity index (χ0n) is 22.1. The maximum absolute atomic E-state index is 13.0. The van der Waals surface area contributed by atoms with Crippen molar-refractivity contribution in [1.29, 1.82) is 0 Å². The quantitative estimate of drug-likeness (QED) is 0.166. The van der Waals surface area contributed by atoms with E-state index < -0.39 is 17.4 Å². The molecule has 3 aromatic carbocycles. The summed E-state index contributed by atoms with van der Waals surface area (Å²) in [6.07, 6.45) is 2.38. The Kier molecular flexibility index (Phi) is 12.1. The van der Waals surface area contributed by atoms with Crippen molar-refractivity contribution < 1.29 is 31.6 Å². The van der Waals surface area contributed by atoms with Crippen LogP contribution in [0.15, 0.2) is 84.4 Å². The second-order valence-electron chi connectivity index (χ2n) is 9.95. The molecular weight excluding hydrogens is 541 g/mol. The number of carbonyl (C=O) groups excluding carboxylic acids is 2. The third-order valence-electron chi connectivity index (χ3n) is 6.24. The van der Waals surface area contributed by atoms with E-state index in [9.17, 15) is 9.59 Å². The van der Waals surface area contributed by atoms with Crippen LogP contribution < -0.4 is 17.3 Å². The van der Waals surface area contributed by atoms with Crippen LogP contribution in [0.1, 0.15) is 49.8 Å². The van der Waals surface area contributed by atoms with Crippen LogP contribution in [0.5, 0.6) is 0 Å². The molecule has 0 saturated carbocycles. The summed E-state index contributed by atoms with van der Waals surface area (Å²) in [5.74, 6) is -0.795. The number of nitrogens with one attached hydrogen (secondary N) is 1. The van der Waals surface area contributed by atoms with Gasteiger partial charge in [-0.15, -0.1) is 0 Å². The molecule has 1 atom stereocenters. The highest BCUT2D eigenvalue weighted by molar-refractivity contribution is 6.43. The Balaban J connectivity index is 0.00000507. The predicted octanol–water partition coefficient (Wildman–Crippen LogP) is 3.03. The van der Waals surface area contributed by atoms with Crippen molar-refractivity contribution in [2.45, 2.75) is 38.7 Å². The van der Waals surface area contributed by atoms with Gasteiger partial charge in [0.25, 0.3) is 0 Å². The van der Waals surface area contributed by atoms with Crippen molar-refractivity contribution in [3.05, 3.63) is 111 Å². The molecule has 0 bridgehead atoms. The number of quaternary nitrogens is 1. The van der Waals surface area contributed by atoms with Crippen LogP contribution in [-0.2, 0) is 14.3 Å². The normalized spacial score (nSPS) is 12.6. The lowest BCUT2D eigenvalue weighted by molar-refractivity contribution is -0.886. The Morgan fingerprint density at radius 2 is 1.47 bits per heavy atom. The Labute approximate surface area is 242 Å². The van der Waals surface area contributed by atoms with Crippen molar-refractivity contribution in [2.24, 2.45) is 0 Å². The summed E-state index contributed by atoms with van der Waals surface area (Å²) >= 11 is 12.3. The summed E-state index contributed by atoms with van der Waals surface area (Å²) in [5.41, 5.74) is 2.20. The molecule has 1 unspecified atom stereocenters. The van der Waals surface area contributed by atoms with E-state index in [4.69, 9.17) is 27.9 Å². The zero-order valence-corrected chi connectivity index (χ0v) is 24.4. The molecule has 3 rings (SSSR count). The van der Waals surface area contributed by atoms with Crippen molar-refractivity contribution in [3.63, 3.8) is 0 Å². The lowest BCUT2D eigenvalue weighted by atomic mass is 9.88. The molecule has 1 N–H and O–H groups in total. The molecular formula is C31H34Cl3NO3. The number of ketones is 1. The van der Waals surface area contributed by atoms with Gasteiger partial charge in [-0.05, 0) is 49.6 Å². The second-order valence-corrected chi connectivity index (χ2v) is 10.7. The largest absolute Gasteiger partial charge is 1.00 e. The van der Waals surface area contributed by atoms with Gasteiger partial charge in [-0.2, -0.15) is 0 Å². The molecule has 0 saturated heterocycles. The monoisotopic (exact) mass is 573 g/mol. The molecule has 0 aliphatic rings. The van der Waals surface area contributed by atoms with Crippen molar-refractivity contribution >= 4 is 41.0 Å². The van der Waals surface area contributed by atoms with E-state index in [2.05, 4.69) is 55.6 Å². The fourth-order valence-corrected chi connectivity index (χ4v) is 4.90. The van der Waals surface area contributed by atoms with Crippen LogP contribution in [-0.4, -0.2) is 37.5 Å². The number of ether oxygens (including phenoxy) is 1. The van der Waals surface area contributed by atoms with Gasteiger partial charge >= 0.3 is 5.97 Å². The number of carbonyl (C=O) groups is 2. The maximum atomic E-state index is 13.0.